The maximum Gasteiger partial charge on any atom is 0.273 e. The van der Waals surface area contributed by atoms with Crippen LogP contribution in [0.3, 0.4) is 0 Å². The third-order valence-electron chi connectivity index (χ3n) is 5.41. The van der Waals surface area contributed by atoms with Gasteiger partial charge in [-0.3, -0.25) is 14.9 Å². The lowest BCUT2D eigenvalue weighted by Gasteiger charge is -2.26. The van der Waals surface area contributed by atoms with Gasteiger partial charge in [0.1, 0.15) is 5.69 Å². The van der Waals surface area contributed by atoms with E-state index in [1.165, 1.54) is 5.56 Å². The number of hydrogen-bond acceptors (Lipinski definition) is 3. The van der Waals surface area contributed by atoms with Gasteiger partial charge in [-0.15, -0.1) is 0 Å². The van der Waals surface area contributed by atoms with Crippen LogP contribution < -0.4 is 0 Å². The predicted molar refractivity (Wildman–Crippen MR) is 111 cm³/mol. The molecule has 142 valence electrons. The Morgan fingerprint density at radius 2 is 1.69 bits per heavy atom. The standard InChI is InChI=1S/C24H20N4O/c1-16-7-9-18(10-8-16)21-20-22(27-26-21)24(29)28(15-17-11-13-25-14-12-17)23(20)19-5-3-2-4-6-19/h2-14,23H,15H2,1H3,(H,26,27). The predicted octanol–water partition coefficient (Wildman–Crippen LogP) is 4.53. The second-order valence-electron chi connectivity index (χ2n) is 7.33. The molecule has 1 unspecified atom stereocenters. The number of fused-ring (bicyclic) bond motifs is 1. The largest absolute Gasteiger partial charge is 0.322 e. The molecule has 0 saturated carbocycles. The summed E-state index contributed by atoms with van der Waals surface area (Å²) in [4.78, 5) is 19.3. The third-order valence-corrected chi connectivity index (χ3v) is 5.41. The van der Waals surface area contributed by atoms with Crippen LogP contribution in [0, 0.1) is 6.92 Å². The van der Waals surface area contributed by atoms with Gasteiger partial charge in [-0.25, -0.2) is 0 Å². The Labute approximate surface area is 169 Å². The van der Waals surface area contributed by atoms with Gasteiger partial charge in [0.15, 0.2) is 0 Å². The second kappa shape index (κ2) is 7.02. The van der Waals surface area contributed by atoms with Crippen molar-refractivity contribution in [3.05, 3.63) is 107 Å². The van der Waals surface area contributed by atoms with Crippen LogP contribution in [0.4, 0.5) is 0 Å². The minimum Gasteiger partial charge on any atom is -0.322 e. The molecule has 0 saturated heterocycles. The van der Waals surface area contributed by atoms with Crippen LogP contribution in [0.2, 0.25) is 0 Å². The SMILES string of the molecule is Cc1ccc(-c2n[nH]c3c2C(c2ccccc2)N(Cc2ccncc2)C3=O)cc1. The fraction of sp³-hybridized carbons (Fsp3) is 0.125. The molecule has 2 aromatic carbocycles. The van der Waals surface area contributed by atoms with Crippen LogP contribution in [0.15, 0.2) is 79.1 Å². The number of hydrogen-bond donors (Lipinski definition) is 1. The lowest BCUT2D eigenvalue weighted by Crippen LogP contribution is -2.29. The molecular weight excluding hydrogens is 360 g/mol. The number of pyridine rings is 1. The smallest absolute Gasteiger partial charge is 0.273 e. The highest BCUT2D eigenvalue weighted by Crippen LogP contribution is 2.43. The summed E-state index contributed by atoms with van der Waals surface area (Å²) in [5.74, 6) is -0.0310. The summed E-state index contributed by atoms with van der Waals surface area (Å²) in [5, 5.41) is 7.53. The van der Waals surface area contributed by atoms with Gasteiger partial charge < -0.3 is 4.90 Å². The lowest BCUT2D eigenvalue weighted by molar-refractivity contribution is 0.0730. The second-order valence-corrected chi connectivity index (χ2v) is 7.33. The van der Waals surface area contributed by atoms with Crippen LogP contribution >= 0.6 is 0 Å². The van der Waals surface area contributed by atoms with Gasteiger partial charge in [-0.1, -0.05) is 60.2 Å². The minimum absolute atomic E-state index is 0.0310. The van der Waals surface area contributed by atoms with Gasteiger partial charge in [-0.05, 0) is 30.2 Å². The van der Waals surface area contributed by atoms with E-state index >= 15 is 0 Å². The summed E-state index contributed by atoms with van der Waals surface area (Å²) in [6.45, 7) is 2.57. The number of H-pyrrole nitrogens is 1. The van der Waals surface area contributed by atoms with Crippen molar-refractivity contribution in [1.29, 1.82) is 0 Å². The molecule has 1 N–H and O–H groups in total. The highest BCUT2D eigenvalue weighted by atomic mass is 16.2. The van der Waals surface area contributed by atoms with Crippen molar-refractivity contribution in [3.8, 4) is 11.3 Å². The van der Waals surface area contributed by atoms with Gasteiger partial charge >= 0.3 is 0 Å². The number of aryl methyl sites for hydroxylation is 1. The highest BCUT2D eigenvalue weighted by Gasteiger charge is 2.42. The van der Waals surface area contributed by atoms with E-state index in [1.807, 2.05) is 35.2 Å². The number of nitrogens with one attached hydrogen (secondary N) is 1. The van der Waals surface area contributed by atoms with Gasteiger partial charge in [0.2, 0.25) is 0 Å². The first-order valence-electron chi connectivity index (χ1n) is 9.62. The normalized spacial score (nSPS) is 15.6. The molecule has 1 atom stereocenters. The number of aromatic nitrogens is 3. The van der Waals surface area contributed by atoms with E-state index in [2.05, 4.69) is 58.5 Å². The molecule has 29 heavy (non-hydrogen) atoms. The number of aromatic amines is 1. The Bertz CT molecular complexity index is 1150. The summed E-state index contributed by atoms with van der Waals surface area (Å²) in [7, 11) is 0. The van der Waals surface area contributed by atoms with Crippen LogP contribution in [0.1, 0.15) is 38.8 Å². The lowest BCUT2D eigenvalue weighted by atomic mass is 9.95. The van der Waals surface area contributed by atoms with E-state index in [4.69, 9.17) is 0 Å². The molecule has 0 spiro atoms. The number of benzene rings is 2. The number of rotatable bonds is 4. The summed E-state index contributed by atoms with van der Waals surface area (Å²) in [5.41, 5.74) is 6.67. The molecule has 0 fully saturated rings. The number of amides is 1. The van der Waals surface area contributed by atoms with E-state index < -0.39 is 0 Å². The Kier molecular flexibility index (Phi) is 4.21. The van der Waals surface area contributed by atoms with Crippen LogP contribution in [-0.4, -0.2) is 26.0 Å². The van der Waals surface area contributed by atoms with Gasteiger partial charge in [0.25, 0.3) is 5.91 Å². The Morgan fingerprint density at radius 1 is 0.966 bits per heavy atom. The van der Waals surface area contributed by atoms with Crippen molar-refractivity contribution in [1.82, 2.24) is 20.1 Å². The molecule has 4 aromatic rings. The topological polar surface area (TPSA) is 61.9 Å². The number of carbonyl (C=O) groups is 1. The Balaban J connectivity index is 1.64. The molecule has 0 aliphatic carbocycles. The average Bonchev–Trinajstić information content (AvgIpc) is 3.30. The molecular formula is C24H20N4O. The number of nitrogens with zero attached hydrogens (tertiary/aromatic N) is 3. The van der Waals surface area contributed by atoms with E-state index in [9.17, 15) is 4.79 Å². The third kappa shape index (κ3) is 3.01. The molecule has 5 rings (SSSR count). The minimum atomic E-state index is -0.193. The Morgan fingerprint density at radius 3 is 2.41 bits per heavy atom. The molecule has 1 aliphatic heterocycles. The monoisotopic (exact) mass is 380 g/mol. The molecule has 1 aliphatic rings. The molecule has 5 heteroatoms. The Hall–Kier alpha value is -3.73. The van der Waals surface area contributed by atoms with E-state index in [-0.39, 0.29) is 11.9 Å². The molecule has 0 bridgehead atoms. The highest BCUT2D eigenvalue weighted by molar-refractivity contribution is 6.00. The fourth-order valence-electron chi connectivity index (χ4n) is 3.96. The maximum atomic E-state index is 13.3. The quantitative estimate of drug-likeness (QED) is 0.566. The summed E-state index contributed by atoms with van der Waals surface area (Å²) in [6, 6.07) is 22.1. The number of carbonyl (C=O) groups excluding carboxylic acids is 1. The molecule has 3 heterocycles. The van der Waals surface area contributed by atoms with Crippen LogP contribution in [-0.2, 0) is 6.54 Å². The zero-order valence-corrected chi connectivity index (χ0v) is 16.0. The van der Waals surface area contributed by atoms with E-state index in [0.29, 0.717) is 12.2 Å². The van der Waals surface area contributed by atoms with Gasteiger partial charge in [0.05, 0.1) is 11.7 Å². The molecule has 0 radical (unpaired) electrons. The van der Waals surface area contributed by atoms with Crippen molar-refractivity contribution >= 4 is 5.91 Å². The maximum absolute atomic E-state index is 13.3. The van der Waals surface area contributed by atoms with Crippen molar-refractivity contribution in [2.75, 3.05) is 0 Å². The first-order valence-corrected chi connectivity index (χ1v) is 9.62. The van der Waals surface area contributed by atoms with Gasteiger partial charge in [0, 0.05) is 30.1 Å². The van der Waals surface area contributed by atoms with Crippen LogP contribution in [0.25, 0.3) is 11.3 Å². The summed E-state index contributed by atoms with van der Waals surface area (Å²) < 4.78 is 0. The van der Waals surface area contributed by atoms with Crippen molar-refractivity contribution < 1.29 is 4.79 Å². The zero-order valence-electron chi connectivity index (χ0n) is 16.0. The van der Waals surface area contributed by atoms with Crippen molar-refractivity contribution in [2.45, 2.75) is 19.5 Å². The molecule has 5 nitrogen and oxygen atoms in total. The first-order chi connectivity index (χ1) is 14.2. The average molecular weight is 380 g/mol. The zero-order chi connectivity index (χ0) is 19.8. The summed E-state index contributed by atoms with van der Waals surface area (Å²) in [6.07, 6.45) is 3.51. The first kappa shape index (κ1) is 17.4. The van der Waals surface area contributed by atoms with E-state index in [0.717, 1.165) is 27.9 Å². The van der Waals surface area contributed by atoms with Crippen LogP contribution in [0.5, 0.6) is 0 Å². The van der Waals surface area contributed by atoms with Crippen molar-refractivity contribution in [3.63, 3.8) is 0 Å². The fourth-order valence-corrected chi connectivity index (χ4v) is 3.96. The molecule has 1 amide bonds. The molecule has 2 aromatic heterocycles. The van der Waals surface area contributed by atoms with Gasteiger partial charge in [-0.2, -0.15) is 5.10 Å². The van der Waals surface area contributed by atoms with Crippen molar-refractivity contribution in [2.24, 2.45) is 0 Å². The van der Waals surface area contributed by atoms with E-state index in [1.54, 1.807) is 12.4 Å². The summed E-state index contributed by atoms with van der Waals surface area (Å²) >= 11 is 0.